The lowest BCUT2D eigenvalue weighted by atomic mass is 10.2. The van der Waals surface area contributed by atoms with Crippen LogP contribution in [0.2, 0.25) is 0 Å². The predicted octanol–water partition coefficient (Wildman–Crippen LogP) is 1.64. The van der Waals surface area contributed by atoms with Crippen LogP contribution in [0.3, 0.4) is 0 Å². The summed E-state index contributed by atoms with van der Waals surface area (Å²) < 4.78 is 16.5. The topological polar surface area (TPSA) is 48.0 Å². The molecule has 0 radical (unpaired) electrons. The number of aryl methyl sites for hydroxylation is 1. The van der Waals surface area contributed by atoms with Crippen LogP contribution in [-0.4, -0.2) is 56.4 Å². The number of ether oxygens (including phenoxy) is 3. The molecule has 2 rings (SSSR count). The van der Waals surface area contributed by atoms with Crippen LogP contribution in [0, 0.1) is 6.92 Å². The molecular weight excluding hydrogens is 270 g/mol. The molecule has 1 aliphatic rings. The number of rotatable bonds is 6. The number of benzene rings is 1. The van der Waals surface area contributed by atoms with Crippen molar-refractivity contribution in [3.63, 3.8) is 0 Å². The highest BCUT2D eigenvalue weighted by Crippen LogP contribution is 2.17. The Kier molecular flexibility index (Phi) is 6.02. The molecule has 21 heavy (non-hydrogen) atoms. The lowest BCUT2D eigenvalue weighted by Gasteiger charge is -2.32. The van der Waals surface area contributed by atoms with Gasteiger partial charge in [-0.2, -0.15) is 0 Å². The predicted molar refractivity (Wildman–Crippen MR) is 79.5 cm³/mol. The number of para-hydroxylation sites is 1. The fourth-order valence-electron chi connectivity index (χ4n) is 2.32. The van der Waals surface area contributed by atoms with Gasteiger partial charge in [0.1, 0.15) is 18.5 Å². The molecule has 116 valence electrons. The summed E-state index contributed by atoms with van der Waals surface area (Å²) in [7, 11) is 0. The fourth-order valence-corrected chi connectivity index (χ4v) is 2.32. The zero-order valence-electron chi connectivity index (χ0n) is 12.7. The van der Waals surface area contributed by atoms with Crippen molar-refractivity contribution in [3.05, 3.63) is 29.8 Å². The summed E-state index contributed by atoms with van der Waals surface area (Å²) >= 11 is 0. The van der Waals surface area contributed by atoms with Crippen molar-refractivity contribution in [2.45, 2.75) is 20.0 Å². The average molecular weight is 293 g/mol. The van der Waals surface area contributed by atoms with Gasteiger partial charge in [-0.15, -0.1) is 0 Å². The molecule has 0 amide bonds. The molecule has 1 fully saturated rings. The second-order valence-corrected chi connectivity index (χ2v) is 5.11. The van der Waals surface area contributed by atoms with Gasteiger partial charge in [-0.3, -0.25) is 9.69 Å². The Labute approximate surface area is 125 Å². The third-order valence-electron chi connectivity index (χ3n) is 3.40. The molecule has 5 nitrogen and oxygen atoms in total. The van der Waals surface area contributed by atoms with Crippen molar-refractivity contribution in [1.82, 2.24) is 4.90 Å². The first kappa shape index (κ1) is 15.8. The minimum absolute atomic E-state index is 0.0206. The van der Waals surface area contributed by atoms with Gasteiger partial charge < -0.3 is 14.2 Å². The Morgan fingerprint density at radius 3 is 3.00 bits per heavy atom. The first-order valence-electron chi connectivity index (χ1n) is 7.37. The molecule has 1 heterocycles. The molecule has 0 spiro atoms. The van der Waals surface area contributed by atoms with E-state index in [1.807, 2.05) is 43.0 Å². The van der Waals surface area contributed by atoms with Gasteiger partial charge in [-0.25, -0.2) is 0 Å². The van der Waals surface area contributed by atoms with Crippen molar-refractivity contribution in [2.24, 2.45) is 0 Å². The molecule has 0 bridgehead atoms. The van der Waals surface area contributed by atoms with Crippen LogP contribution in [0.4, 0.5) is 0 Å². The summed E-state index contributed by atoms with van der Waals surface area (Å²) in [5.74, 6) is 0.696. The molecular formula is C16H23NO4. The molecule has 1 aliphatic heterocycles. The van der Waals surface area contributed by atoms with Crippen LogP contribution in [0.25, 0.3) is 0 Å². The van der Waals surface area contributed by atoms with E-state index in [2.05, 4.69) is 0 Å². The van der Waals surface area contributed by atoms with E-state index in [9.17, 15) is 4.79 Å². The lowest BCUT2D eigenvalue weighted by Crippen LogP contribution is -2.47. The van der Waals surface area contributed by atoms with Crippen molar-refractivity contribution in [2.75, 3.05) is 39.5 Å². The van der Waals surface area contributed by atoms with E-state index in [0.29, 0.717) is 32.9 Å². The number of hydrogen-bond acceptors (Lipinski definition) is 5. The summed E-state index contributed by atoms with van der Waals surface area (Å²) in [5, 5.41) is 0. The van der Waals surface area contributed by atoms with Crippen molar-refractivity contribution in [3.8, 4) is 5.75 Å². The molecule has 0 aromatic heterocycles. The first-order valence-corrected chi connectivity index (χ1v) is 7.37. The van der Waals surface area contributed by atoms with E-state index in [-0.39, 0.29) is 12.1 Å². The fraction of sp³-hybridized carbons (Fsp3) is 0.562. The molecule has 1 unspecified atom stereocenters. The largest absolute Gasteiger partial charge is 0.491 e. The quantitative estimate of drug-likeness (QED) is 0.746. The zero-order chi connectivity index (χ0) is 15.1. The molecule has 0 saturated carbocycles. The molecule has 0 aliphatic carbocycles. The number of carbonyl (C=O) groups is 1. The van der Waals surface area contributed by atoms with Crippen molar-refractivity contribution in [1.29, 1.82) is 0 Å². The first-order chi connectivity index (χ1) is 10.2. The lowest BCUT2D eigenvalue weighted by molar-refractivity contribution is -0.146. The van der Waals surface area contributed by atoms with Gasteiger partial charge in [0.2, 0.25) is 0 Å². The van der Waals surface area contributed by atoms with Crippen LogP contribution >= 0.6 is 0 Å². The third kappa shape index (κ3) is 5.02. The number of carbonyl (C=O) groups excluding carboxylic acids is 1. The number of hydrogen-bond donors (Lipinski definition) is 0. The van der Waals surface area contributed by atoms with Gasteiger partial charge >= 0.3 is 5.97 Å². The summed E-state index contributed by atoms with van der Waals surface area (Å²) in [6.45, 7) is 7.11. The van der Waals surface area contributed by atoms with Gasteiger partial charge in [0, 0.05) is 13.1 Å². The molecule has 1 saturated heterocycles. The van der Waals surface area contributed by atoms with Crippen LogP contribution in [0.5, 0.6) is 5.75 Å². The SMILES string of the molecule is CCOC(=O)CN1CCOC(COc2ccccc2C)C1. The Balaban J connectivity index is 1.79. The summed E-state index contributed by atoms with van der Waals surface area (Å²) in [6.07, 6.45) is -0.0206. The monoisotopic (exact) mass is 293 g/mol. The Morgan fingerprint density at radius 1 is 1.43 bits per heavy atom. The van der Waals surface area contributed by atoms with Crippen LogP contribution in [0.1, 0.15) is 12.5 Å². The zero-order valence-corrected chi connectivity index (χ0v) is 12.7. The minimum atomic E-state index is -0.182. The number of nitrogens with zero attached hydrogens (tertiary/aromatic N) is 1. The van der Waals surface area contributed by atoms with E-state index in [4.69, 9.17) is 14.2 Å². The van der Waals surface area contributed by atoms with Gasteiger partial charge in [0.25, 0.3) is 0 Å². The summed E-state index contributed by atoms with van der Waals surface area (Å²) in [5.41, 5.74) is 1.11. The van der Waals surface area contributed by atoms with E-state index in [1.54, 1.807) is 0 Å². The normalized spacial score (nSPS) is 19.2. The molecule has 0 N–H and O–H groups in total. The van der Waals surface area contributed by atoms with Gasteiger partial charge in [0.05, 0.1) is 19.8 Å². The minimum Gasteiger partial charge on any atom is -0.491 e. The second-order valence-electron chi connectivity index (χ2n) is 5.11. The highest BCUT2D eigenvalue weighted by atomic mass is 16.5. The smallest absolute Gasteiger partial charge is 0.320 e. The third-order valence-corrected chi connectivity index (χ3v) is 3.40. The summed E-state index contributed by atoms with van der Waals surface area (Å²) in [6, 6.07) is 7.91. The van der Waals surface area contributed by atoms with Crippen LogP contribution < -0.4 is 4.74 Å². The highest BCUT2D eigenvalue weighted by Gasteiger charge is 2.23. The number of morpholine rings is 1. The Hall–Kier alpha value is -1.59. The van der Waals surface area contributed by atoms with Gasteiger partial charge in [-0.1, -0.05) is 18.2 Å². The molecule has 1 atom stereocenters. The maximum absolute atomic E-state index is 11.5. The highest BCUT2D eigenvalue weighted by molar-refractivity contribution is 5.71. The second kappa shape index (κ2) is 8.00. The van der Waals surface area contributed by atoms with Crippen LogP contribution in [0.15, 0.2) is 24.3 Å². The van der Waals surface area contributed by atoms with Crippen LogP contribution in [-0.2, 0) is 14.3 Å². The van der Waals surface area contributed by atoms with E-state index in [1.165, 1.54) is 0 Å². The standard InChI is InChI=1S/C16H23NO4/c1-3-19-16(18)11-17-8-9-20-14(10-17)12-21-15-7-5-4-6-13(15)2/h4-7,14H,3,8-12H2,1-2H3. The Morgan fingerprint density at radius 2 is 2.24 bits per heavy atom. The van der Waals surface area contributed by atoms with Gasteiger partial charge in [0.15, 0.2) is 0 Å². The van der Waals surface area contributed by atoms with E-state index >= 15 is 0 Å². The molecule has 1 aromatic rings. The Bertz CT molecular complexity index is 463. The summed E-state index contributed by atoms with van der Waals surface area (Å²) in [4.78, 5) is 13.6. The van der Waals surface area contributed by atoms with Crippen molar-refractivity contribution < 1.29 is 19.0 Å². The van der Waals surface area contributed by atoms with E-state index < -0.39 is 0 Å². The van der Waals surface area contributed by atoms with Crippen molar-refractivity contribution >= 4 is 5.97 Å². The maximum atomic E-state index is 11.5. The molecule has 5 heteroatoms. The molecule has 1 aromatic carbocycles. The average Bonchev–Trinajstić information content (AvgIpc) is 2.47. The number of esters is 1. The van der Waals surface area contributed by atoms with E-state index in [0.717, 1.165) is 17.9 Å². The maximum Gasteiger partial charge on any atom is 0.320 e. The van der Waals surface area contributed by atoms with Gasteiger partial charge in [-0.05, 0) is 25.5 Å².